The van der Waals surface area contributed by atoms with E-state index in [0.29, 0.717) is 0 Å². The molecule has 0 aliphatic carbocycles. The van der Waals surface area contributed by atoms with Crippen LogP contribution in [0.4, 0.5) is 0 Å². The average Bonchev–Trinajstić information content (AvgIpc) is 2.64. The molecule has 0 heterocycles. The fraction of sp³-hybridized carbons (Fsp3) is 0.381. The third kappa shape index (κ3) is 11.1. The largest absolute Gasteiger partial charge is 0.480 e. The summed E-state index contributed by atoms with van der Waals surface area (Å²) in [4.78, 5) is 10.0. The van der Waals surface area contributed by atoms with Gasteiger partial charge in [0.2, 0.25) is 0 Å². The van der Waals surface area contributed by atoms with Crippen molar-refractivity contribution in [3.8, 4) is 11.1 Å². The molecule has 3 N–H and O–H groups in total. The van der Waals surface area contributed by atoms with Crippen LogP contribution in [0, 0.1) is 5.92 Å². The lowest BCUT2D eigenvalue weighted by atomic mass is 10.1. The molecule has 0 amide bonds. The molecule has 0 fully saturated rings. The maximum Gasteiger partial charge on any atom is 0.320 e. The van der Waals surface area contributed by atoms with Crippen molar-refractivity contribution in [2.75, 3.05) is 13.2 Å². The predicted molar refractivity (Wildman–Crippen MR) is 104 cm³/mol. The van der Waals surface area contributed by atoms with Crippen LogP contribution in [0.3, 0.4) is 0 Å². The van der Waals surface area contributed by atoms with E-state index in [-0.39, 0.29) is 5.92 Å². The normalized spacial score (nSPS) is 10.8. The predicted octanol–water partition coefficient (Wildman–Crippen LogP) is 4.45. The zero-order chi connectivity index (χ0) is 19.1. The minimum atomic E-state index is -0.931. The third-order valence-corrected chi connectivity index (χ3v) is 3.29. The van der Waals surface area contributed by atoms with Gasteiger partial charge in [-0.15, -0.1) is 0 Å². The number of nitrogens with two attached hydrogens (primary N) is 1. The molecule has 2 aromatic carbocycles. The lowest BCUT2D eigenvalue weighted by Crippen LogP contribution is -2.34. The van der Waals surface area contributed by atoms with E-state index in [4.69, 9.17) is 15.6 Å². The fourth-order valence-corrected chi connectivity index (χ4v) is 1.75. The number of hydrogen-bond acceptors (Lipinski definition) is 3. The minimum Gasteiger partial charge on any atom is -0.480 e. The highest BCUT2D eigenvalue weighted by Gasteiger charge is 2.14. The number of carboxylic acids is 1. The van der Waals surface area contributed by atoms with Crippen LogP contribution < -0.4 is 5.73 Å². The molecule has 0 aliphatic heterocycles. The van der Waals surface area contributed by atoms with Crippen LogP contribution >= 0.6 is 0 Å². The van der Waals surface area contributed by atoms with E-state index in [1.165, 1.54) is 11.1 Å². The van der Waals surface area contributed by atoms with Crippen molar-refractivity contribution >= 4 is 5.97 Å². The minimum absolute atomic E-state index is 0.0208. The van der Waals surface area contributed by atoms with Crippen LogP contribution in [0.25, 0.3) is 11.1 Å². The molecule has 0 bridgehead atoms. The lowest BCUT2D eigenvalue weighted by molar-refractivity contribution is -0.139. The second-order valence-electron chi connectivity index (χ2n) is 5.62. The quantitative estimate of drug-likeness (QED) is 0.839. The zero-order valence-corrected chi connectivity index (χ0v) is 15.7. The van der Waals surface area contributed by atoms with Gasteiger partial charge in [0.05, 0.1) is 0 Å². The Kier molecular flexibility index (Phi) is 13.0. The summed E-state index contributed by atoms with van der Waals surface area (Å²) in [5, 5.41) is 8.23. The molecule has 4 nitrogen and oxygen atoms in total. The molecule has 25 heavy (non-hydrogen) atoms. The van der Waals surface area contributed by atoms with Crippen molar-refractivity contribution in [1.82, 2.24) is 0 Å². The average molecular weight is 345 g/mol. The molecule has 1 atom stereocenters. The molecule has 0 aromatic heterocycles. The van der Waals surface area contributed by atoms with Gasteiger partial charge < -0.3 is 15.6 Å². The van der Waals surface area contributed by atoms with E-state index in [1.807, 2.05) is 26.0 Å². The molecular formula is C21H31NO3. The van der Waals surface area contributed by atoms with Gasteiger partial charge in [-0.1, -0.05) is 74.5 Å². The highest BCUT2D eigenvalue weighted by molar-refractivity contribution is 5.73. The number of ether oxygens (including phenoxy) is 1. The van der Waals surface area contributed by atoms with E-state index >= 15 is 0 Å². The van der Waals surface area contributed by atoms with Gasteiger partial charge in [0.1, 0.15) is 6.04 Å². The van der Waals surface area contributed by atoms with E-state index in [9.17, 15) is 4.79 Å². The standard InChI is InChI=1S/C12H10.C5H11NO2.C4H10O/c1-3-7-11(8-4-1)12-9-5-2-6-10-12;1-3(2)4(6)5(7)8;1-3-5-4-2/h1-10H;3-4H,6H2,1-2H3,(H,7,8);3-4H2,1-2H3/t;4-;/m.0./s1. The van der Waals surface area contributed by atoms with Crippen LogP contribution in [0.1, 0.15) is 27.7 Å². The molecule has 0 spiro atoms. The van der Waals surface area contributed by atoms with Crippen LogP contribution in [0.15, 0.2) is 60.7 Å². The Hall–Kier alpha value is -2.17. The SMILES string of the molecule is CC(C)[C@H](N)C(=O)O.CCOCC.c1ccc(-c2ccccc2)cc1. The molecule has 0 radical (unpaired) electrons. The van der Waals surface area contributed by atoms with Gasteiger partial charge in [-0.2, -0.15) is 0 Å². The molecular weight excluding hydrogens is 314 g/mol. The monoisotopic (exact) mass is 345 g/mol. The maximum absolute atomic E-state index is 10.0. The summed E-state index contributed by atoms with van der Waals surface area (Å²) in [6.45, 7) is 9.22. The number of hydrogen-bond donors (Lipinski definition) is 2. The summed E-state index contributed by atoms with van der Waals surface area (Å²) >= 11 is 0. The molecule has 2 rings (SSSR count). The van der Waals surface area contributed by atoms with Crippen LogP contribution in [0.2, 0.25) is 0 Å². The van der Waals surface area contributed by atoms with Crippen molar-refractivity contribution in [3.63, 3.8) is 0 Å². The summed E-state index contributed by atoms with van der Waals surface area (Å²) in [6.07, 6.45) is 0. The fourth-order valence-electron chi connectivity index (χ4n) is 1.75. The Morgan fingerprint density at radius 2 is 1.28 bits per heavy atom. The van der Waals surface area contributed by atoms with Crippen LogP contribution in [0.5, 0.6) is 0 Å². The van der Waals surface area contributed by atoms with Crippen LogP contribution in [-0.2, 0) is 9.53 Å². The van der Waals surface area contributed by atoms with Crippen molar-refractivity contribution < 1.29 is 14.6 Å². The number of aliphatic carboxylic acids is 1. The Balaban J connectivity index is 0.000000387. The molecule has 0 unspecified atom stereocenters. The van der Waals surface area contributed by atoms with Gasteiger partial charge in [0.15, 0.2) is 0 Å². The topological polar surface area (TPSA) is 72.6 Å². The Labute approximate surface area is 151 Å². The maximum atomic E-state index is 10.0. The number of carbonyl (C=O) groups is 1. The van der Waals surface area contributed by atoms with Gasteiger partial charge in [-0.25, -0.2) is 0 Å². The number of carboxylic acid groups (broad SMARTS) is 1. The summed E-state index contributed by atoms with van der Waals surface area (Å²) in [5.41, 5.74) is 7.71. The van der Waals surface area contributed by atoms with Crippen molar-refractivity contribution in [1.29, 1.82) is 0 Å². The van der Waals surface area contributed by atoms with Gasteiger partial charge in [-0.3, -0.25) is 4.79 Å². The Morgan fingerprint density at radius 3 is 1.44 bits per heavy atom. The Bertz CT molecular complexity index is 516. The van der Waals surface area contributed by atoms with Crippen LogP contribution in [-0.4, -0.2) is 30.3 Å². The summed E-state index contributed by atoms with van der Waals surface area (Å²) in [5.74, 6) is -0.910. The van der Waals surface area contributed by atoms with Crippen molar-refractivity contribution in [3.05, 3.63) is 60.7 Å². The third-order valence-electron chi connectivity index (χ3n) is 3.29. The first-order chi connectivity index (χ1) is 11.9. The smallest absolute Gasteiger partial charge is 0.320 e. The summed E-state index contributed by atoms with van der Waals surface area (Å²) in [6, 6.07) is 20.1. The van der Waals surface area contributed by atoms with Crippen molar-refractivity contribution in [2.45, 2.75) is 33.7 Å². The molecule has 0 saturated heterocycles. The van der Waals surface area contributed by atoms with E-state index in [0.717, 1.165) is 13.2 Å². The van der Waals surface area contributed by atoms with Crippen molar-refractivity contribution in [2.24, 2.45) is 11.7 Å². The molecule has 0 aliphatic rings. The van der Waals surface area contributed by atoms with Gasteiger partial charge in [0, 0.05) is 13.2 Å². The van der Waals surface area contributed by atoms with Gasteiger partial charge in [0.25, 0.3) is 0 Å². The molecule has 2 aromatic rings. The summed E-state index contributed by atoms with van der Waals surface area (Å²) < 4.78 is 4.83. The van der Waals surface area contributed by atoms with Gasteiger partial charge in [-0.05, 0) is 30.9 Å². The second kappa shape index (κ2) is 14.2. The van der Waals surface area contributed by atoms with E-state index < -0.39 is 12.0 Å². The number of benzene rings is 2. The highest BCUT2D eigenvalue weighted by Crippen LogP contribution is 2.17. The lowest BCUT2D eigenvalue weighted by Gasteiger charge is -2.07. The zero-order valence-electron chi connectivity index (χ0n) is 15.7. The first-order valence-electron chi connectivity index (χ1n) is 8.60. The van der Waals surface area contributed by atoms with E-state index in [2.05, 4.69) is 48.5 Å². The highest BCUT2D eigenvalue weighted by atomic mass is 16.5. The van der Waals surface area contributed by atoms with E-state index in [1.54, 1.807) is 13.8 Å². The van der Waals surface area contributed by atoms with Gasteiger partial charge >= 0.3 is 5.97 Å². The molecule has 0 saturated carbocycles. The molecule has 138 valence electrons. The molecule has 4 heteroatoms. The first kappa shape index (κ1) is 22.8. The summed E-state index contributed by atoms with van der Waals surface area (Å²) in [7, 11) is 0. The first-order valence-corrected chi connectivity index (χ1v) is 8.60. The second-order valence-corrected chi connectivity index (χ2v) is 5.62. The Morgan fingerprint density at radius 1 is 0.920 bits per heavy atom. The number of rotatable bonds is 5.